The van der Waals surface area contributed by atoms with E-state index < -0.39 is 28.5 Å². The molecule has 8 heteroatoms. The van der Waals surface area contributed by atoms with Gasteiger partial charge in [0.05, 0.1) is 11.9 Å². The van der Waals surface area contributed by atoms with Crippen molar-refractivity contribution in [2.24, 2.45) is 17.8 Å². The standard InChI is InChI=1S/C37H45N3O4S/c1-26-9-7-8-12-31(26)24-39(34(36(42)38-2)20-27-10-5-4-6-11-27)35(41)25-40(45(3,43)44)33-15-13-32(14-16-33)37-21-28-17-29(22-37)19-30(18-28)23-37/h4-16,28-30,34H,17-25H2,1-3H3,(H,38,42). The first-order chi connectivity index (χ1) is 21.5. The van der Waals surface area contributed by atoms with Gasteiger partial charge in [0.25, 0.3) is 0 Å². The fourth-order valence-corrected chi connectivity index (χ4v) is 9.60. The Hall–Kier alpha value is -3.65. The van der Waals surface area contributed by atoms with Crippen molar-refractivity contribution in [2.75, 3.05) is 24.2 Å². The summed E-state index contributed by atoms with van der Waals surface area (Å²) in [6.45, 7) is 1.75. The minimum absolute atomic E-state index is 0.180. The van der Waals surface area contributed by atoms with Gasteiger partial charge in [-0.1, -0.05) is 66.7 Å². The minimum atomic E-state index is -3.81. The second-order valence-electron chi connectivity index (χ2n) is 13.8. The fraction of sp³-hybridized carbons (Fsp3) is 0.459. The second-order valence-corrected chi connectivity index (χ2v) is 15.7. The van der Waals surface area contributed by atoms with Gasteiger partial charge in [-0.15, -0.1) is 0 Å². The lowest BCUT2D eigenvalue weighted by atomic mass is 9.48. The van der Waals surface area contributed by atoms with Crippen LogP contribution in [0, 0.1) is 24.7 Å². The molecule has 7 nitrogen and oxygen atoms in total. The van der Waals surface area contributed by atoms with Gasteiger partial charge in [-0.3, -0.25) is 13.9 Å². The third kappa shape index (κ3) is 6.67. The van der Waals surface area contributed by atoms with Crippen molar-refractivity contribution in [2.45, 2.75) is 69.9 Å². The first-order valence-corrected chi connectivity index (χ1v) is 18.1. The molecule has 1 N–H and O–H groups in total. The Bertz CT molecular complexity index is 1600. The van der Waals surface area contributed by atoms with Gasteiger partial charge >= 0.3 is 0 Å². The zero-order valence-electron chi connectivity index (χ0n) is 26.6. The molecule has 0 saturated heterocycles. The number of nitrogens with zero attached hydrogens (tertiary/aromatic N) is 2. The van der Waals surface area contributed by atoms with Crippen LogP contribution in [0.4, 0.5) is 5.69 Å². The van der Waals surface area contributed by atoms with Gasteiger partial charge in [0, 0.05) is 20.0 Å². The molecule has 0 heterocycles. The van der Waals surface area contributed by atoms with Crippen molar-refractivity contribution in [3.05, 3.63) is 101 Å². The van der Waals surface area contributed by atoms with Crippen molar-refractivity contribution in [3.63, 3.8) is 0 Å². The van der Waals surface area contributed by atoms with E-state index in [-0.39, 0.29) is 17.9 Å². The number of benzene rings is 3. The van der Waals surface area contributed by atoms with Crippen LogP contribution in [0.5, 0.6) is 0 Å². The third-order valence-electron chi connectivity index (χ3n) is 10.6. The summed E-state index contributed by atoms with van der Waals surface area (Å²) >= 11 is 0. The minimum Gasteiger partial charge on any atom is -0.357 e. The second kappa shape index (κ2) is 12.6. The normalized spacial score (nSPS) is 24.2. The molecule has 7 rings (SSSR count). The number of aryl methyl sites for hydroxylation is 1. The number of sulfonamides is 1. The highest BCUT2D eigenvalue weighted by molar-refractivity contribution is 7.92. The number of rotatable bonds is 11. The lowest BCUT2D eigenvalue weighted by molar-refractivity contribution is -0.139. The molecule has 1 atom stereocenters. The molecular weight excluding hydrogens is 582 g/mol. The van der Waals surface area contributed by atoms with Gasteiger partial charge in [-0.05, 0) is 103 Å². The van der Waals surface area contributed by atoms with Crippen LogP contribution in [0.2, 0.25) is 0 Å². The number of nitrogens with one attached hydrogen (secondary N) is 1. The van der Waals surface area contributed by atoms with Gasteiger partial charge in [0.1, 0.15) is 12.6 Å². The number of hydrogen-bond acceptors (Lipinski definition) is 4. The zero-order chi connectivity index (χ0) is 31.8. The molecule has 4 fully saturated rings. The SMILES string of the molecule is CNC(=O)C(Cc1ccccc1)N(Cc1ccccc1C)C(=O)CN(c1ccc(C23CC4CC(CC(C4)C2)C3)cc1)S(C)(=O)=O. The van der Waals surface area contributed by atoms with Crippen molar-refractivity contribution < 1.29 is 18.0 Å². The van der Waals surface area contributed by atoms with Crippen molar-refractivity contribution in [1.82, 2.24) is 10.2 Å². The number of amides is 2. The molecule has 45 heavy (non-hydrogen) atoms. The number of hydrogen-bond donors (Lipinski definition) is 1. The Labute approximate surface area is 268 Å². The van der Waals surface area contributed by atoms with Crippen molar-refractivity contribution in [3.8, 4) is 0 Å². The number of anilines is 1. The van der Waals surface area contributed by atoms with E-state index in [2.05, 4.69) is 17.4 Å². The first kappa shape index (κ1) is 31.3. The van der Waals surface area contributed by atoms with Crippen LogP contribution in [-0.2, 0) is 38.0 Å². The molecule has 4 saturated carbocycles. The predicted octanol–water partition coefficient (Wildman–Crippen LogP) is 5.61. The highest BCUT2D eigenvalue weighted by Crippen LogP contribution is 2.60. The maximum absolute atomic E-state index is 14.3. The Morgan fingerprint density at radius 2 is 1.44 bits per heavy atom. The third-order valence-corrected chi connectivity index (χ3v) is 11.7. The Morgan fingerprint density at radius 3 is 2.00 bits per heavy atom. The number of carbonyl (C=O) groups excluding carboxylic acids is 2. The lowest BCUT2D eigenvalue weighted by Crippen LogP contribution is -2.53. The largest absolute Gasteiger partial charge is 0.357 e. The van der Waals surface area contributed by atoms with E-state index in [9.17, 15) is 18.0 Å². The molecule has 3 aromatic carbocycles. The van der Waals surface area contributed by atoms with Gasteiger partial charge in [0.15, 0.2) is 0 Å². The van der Waals surface area contributed by atoms with Gasteiger partial charge in [-0.25, -0.2) is 8.42 Å². The maximum Gasteiger partial charge on any atom is 0.244 e. The number of likely N-dealkylation sites (N-methyl/N-ethyl adjacent to an activating group) is 1. The molecule has 4 aliphatic rings. The van der Waals surface area contributed by atoms with E-state index in [1.54, 1.807) is 7.05 Å². The Morgan fingerprint density at radius 1 is 0.867 bits per heavy atom. The molecule has 3 aromatic rings. The first-order valence-electron chi connectivity index (χ1n) is 16.2. The summed E-state index contributed by atoms with van der Waals surface area (Å²) in [5, 5.41) is 2.73. The van der Waals surface area contributed by atoms with Gasteiger partial charge in [0.2, 0.25) is 21.8 Å². The smallest absolute Gasteiger partial charge is 0.244 e. The van der Waals surface area contributed by atoms with E-state index in [0.717, 1.165) is 40.7 Å². The molecule has 4 aliphatic carbocycles. The van der Waals surface area contributed by atoms with E-state index in [0.29, 0.717) is 12.1 Å². The van der Waals surface area contributed by atoms with Crippen LogP contribution in [0.15, 0.2) is 78.9 Å². The van der Waals surface area contributed by atoms with Crippen molar-refractivity contribution in [1.29, 1.82) is 0 Å². The fourth-order valence-electron chi connectivity index (χ4n) is 8.75. The van der Waals surface area contributed by atoms with E-state index in [1.807, 2.05) is 73.7 Å². The Balaban J connectivity index is 1.30. The number of carbonyl (C=O) groups is 2. The summed E-state index contributed by atoms with van der Waals surface area (Å²) in [6, 6.07) is 24.4. The zero-order valence-corrected chi connectivity index (χ0v) is 27.4. The quantitative estimate of drug-likeness (QED) is 0.299. The molecule has 1 unspecified atom stereocenters. The predicted molar refractivity (Wildman–Crippen MR) is 178 cm³/mol. The average Bonchev–Trinajstić information content (AvgIpc) is 3.01. The molecular formula is C37H45N3O4S. The van der Waals surface area contributed by atoms with Crippen LogP contribution in [0.25, 0.3) is 0 Å². The summed E-state index contributed by atoms with van der Waals surface area (Å²) < 4.78 is 27.7. The topological polar surface area (TPSA) is 86.8 Å². The Kier molecular flexibility index (Phi) is 8.79. The maximum atomic E-state index is 14.3. The summed E-state index contributed by atoms with van der Waals surface area (Å²) in [5.41, 5.74) is 4.77. The molecule has 2 amide bonds. The summed E-state index contributed by atoms with van der Waals surface area (Å²) in [7, 11) is -2.25. The monoisotopic (exact) mass is 627 g/mol. The lowest BCUT2D eigenvalue weighted by Gasteiger charge is -2.57. The summed E-state index contributed by atoms with van der Waals surface area (Å²) in [6.07, 6.45) is 9.20. The van der Waals surface area contributed by atoms with E-state index in [4.69, 9.17) is 0 Å². The summed E-state index contributed by atoms with van der Waals surface area (Å²) in [4.78, 5) is 29.2. The van der Waals surface area contributed by atoms with Crippen LogP contribution < -0.4 is 9.62 Å². The highest BCUT2D eigenvalue weighted by atomic mass is 32.2. The summed E-state index contributed by atoms with van der Waals surface area (Å²) in [5.74, 6) is 1.70. The van der Waals surface area contributed by atoms with Crippen LogP contribution in [-0.4, -0.2) is 51.0 Å². The average molecular weight is 628 g/mol. The molecule has 0 aliphatic heterocycles. The highest BCUT2D eigenvalue weighted by Gasteiger charge is 2.51. The van der Waals surface area contributed by atoms with Crippen molar-refractivity contribution >= 4 is 27.5 Å². The molecule has 4 bridgehead atoms. The molecule has 0 spiro atoms. The molecule has 0 radical (unpaired) electrons. The molecule has 238 valence electrons. The van der Waals surface area contributed by atoms with Gasteiger partial charge < -0.3 is 10.2 Å². The van der Waals surface area contributed by atoms with Crippen LogP contribution >= 0.6 is 0 Å². The molecule has 0 aromatic heterocycles. The van der Waals surface area contributed by atoms with Crippen LogP contribution in [0.1, 0.15) is 60.8 Å². The van der Waals surface area contributed by atoms with Crippen LogP contribution in [0.3, 0.4) is 0 Å². The van der Waals surface area contributed by atoms with E-state index >= 15 is 0 Å². The van der Waals surface area contributed by atoms with Gasteiger partial charge in [-0.2, -0.15) is 0 Å². The van der Waals surface area contributed by atoms with E-state index in [1.165, 1.54) is 53.3 Å².